The molecule has 0 aliphatic rings. The number of rotatable bonds is 32. The molecule has 0 amide bonds. The van der Waals surface area contributed by atoms with Crippen LogP contribution in [0, 0.1) is 0 Å². The standard InChI is InChI=1S/2C18H36O4.Mg/c2*1-2-3-4-5-6-7-8-9-10-11-12-13-14-15-16-17(19)18(20)22-21;/h2*17,19,21H,2-16H2,1H3;/q;;+2/p-2. The molecule has 2 unspecified atom stereocenters. The Morgan fingerprint density at radius 2 is 0.600 bits per heavy atom. The molecule has 45 heavy (non-hydrogen) atoms. The van der Waals surface area contributed by atoms with Gasteiger partial charge in [-0.2, -0.15) is 0 Å². The van der Waals surface area contributed by atoms with Crippen LogP contribution in [0.3, 0.4) is 0 Å². The molecular weight excluding hydrogens is 585 g/mol. The Labute approximate surface area is 292 Å². The summed E-state index contributed by atoms with van der Waals surface area (Å²) in [6, 6.07) is 0. The van der Waals surface area contributed by atoms with Gasteiger partial charge >= 0.3 is 35.0 Å². The molecule has 2 atom stereocenters. The first-order chi connectivity index (χ1) is 21.4. The molecule has 0 spiro atoms. The van der Waals surface area contributed by atoms with E-state index in [2.05, 4.69) is 23.6 Å². The van der Waals surface area contributed by atoms with Gasteiger partial charge in [0, 0.05) is 0 Å². The second-order valence-corrected chi connectivity index (χ2v) is 12.6. The summed E-state index contributed by atoms with van der Waals surface area (Å²) in [7, 11) is 0. The number of aliphatic hydroxyl groups excluding tert-OH is 2. The maximum absolute atomic E-state index is 10.7. The largest absolute Gasteiger partial charge is 2.00 e. The predicted octanol–water partition coefficient (Wildman–Crippen LogP) is 7.69. The number of hydrogen-bond donors (Lipinski definition) is 2. The van der Waals surface area contributed by atoms with Gasteiger partial charge < -0.3 is 30.5 Å². The van der Waals surface area contributed by atoms with E-state index < -0.39 is 24.1 Å². The molecule has 0 rings (SSSR count). The Morgan fingerprint density at radius 1 is 0.422 bits per heavy atom. The fraction of sp³-hybridized carbons (Fsp3) is 0.944. The maximum atomic E-state index is 10.7. The molecule has 9 heteroatoms. The van der Waals surface area contributed by atoms with Crippen LogP contribution in [-0.4, -0.2) is 57.4 Å². The molecular formula is C36H70MgO8. The van der Waals surface area contributed by atoms with Crippen molar-refractivity contribution in [2.45, 2.75) is 219 Å². The van der Waals surface area contributed by atoms with Gasteiger partial charge in [0.2, 0.25) is 0 Å². The van der Waals surface area contributed by atoms with Crippen molar-refractivity contribution in [3.63, 3.8) is 0 Å². The van der Waals surface area contributed by atoms with E-state index in [1.807, 2.05) is 0 Å². The van der Waals surface area contributed by atoms with E-state index in [9.17, 15) is 30.3 Å². The van der Waals surface area contributed by atoms with Gasteiger partial charge in [0.1, 0.15) is 0 Å². The van der Waals surface area contributed by atoms with Crippen LogP contribution in [-0.2, 0) is 19.4 Å². The minimum atomic E-state index is -1.24. The summed E-state index contributed by atoms with van der Waals surface area (Å²) in [5.41, 5.74) is 0. The average Bonchev–Trinajstić information content (AvgIpc) is 3.04. The van der Waals surface area contributed by atoms with Crippen molar-refractivity contribution >= 4 is 35.0 Å². The van der Waals surface area contributed by atoms with Gasteiger partial charge in [0.05, 0.1) is 0 Å². The first kappa shape index (κ1) is 48.9. The van der Waals surface area contributed by atoms with Crippen LogP contribution in [0.2, 0.25) is 0 Å². The third-order valence-electron chi connectivity index (χ3n) is 8.37. The van der Waals surface area contributed by atoms with E-state index in [0.717, 1.165) is 38.5 Å². The summed E-state index contributed by atoms with van der Waals surface area (Å²) in [4.78, 5) is 27.9. The Morgan fingerprint density at radius 3 is 0.778 bits per heavy atom. The summed E-state index contributed by atoms with van der Waals surface area (Å²) < 4.78 is 0. The van der Waals surface area contributed by atoms with Crippen molar-refractivity contribution < 1.29 is 40.1 Å². The summed E-state index contributed by atoms with van der Waals surface area (Å²) >= 11 is 0. The SMILES string of the molecule is CCCCCCCCCCCCCCCCC(O)C(=O)O[O-].CCCCCCCCCCCCCCCCC(O)C(=O)O[O-].[Mg+2]. The molecule has 0 saturated heterocycles. The van der Waals surface area contributed by atoms with Crippen molar-refractivity contribution in [1.82, 2.24) is 0 Å². The third kappa shape index (κ3) is 39.6. The van der Waals surface area contributed by atoms with E-state index in [1.54, 1.807) is 0 Å². The fourth-order valence-electron chi connectivity index (χ4n) is 5.41. The van der Waals surface area contributed by atoms with E-state index >= 15 is 0 Å². The molecule has 0 aliphatic heterocycles. The normalized spacial score (nSPS) is 12.0. The zero-order valence-electron chi connectivity index (χ0n) is 29.4. The molecule has 8 nitrogen and oxygen atoms in total. The Balaban J connectivity index is -0.000000767. The Kier molecular flexibility index (Phi) is 45.2. The summed E-state index contributed by atoms with van der Waals surface area (Å²) in [5.74, 6) is -2.12. The minimum Gasteiger partial charge on any atom is -0.662 e. The van der Waals surface area contributed by atoms with Gasteiger partial charge in [-0.15, -0.1) is 0 Å². The number of carbonyl (C=O) groups excluding carboxylic acids is 2. The Bertz CT molecular complexity index is 543. The number of hydrogen-bond acceptors (Lipinski definition) is 8. The van der Waals surface area contributed by atoms with Crippen LogP contribution in [0.15, 0.2) is 0 Å². The molecule has 0 heterocycles. The zero-order chi connectivity index (χ0) is 32.9. The smallest absolute Gasteiger partial charge is 0.662 e. The van der Waals surface area contributed by atoms with Gasteiger partial charge in [-0.05, 0) is 12.8 Å². The molecule has 0 aromatic carbocycles. The molecule has 0 aliphatic carbocycles. The van der Waals surface area contributed by atoms with Gasteiger partial charge in [0.15, 0.2) is 12.2 Å². The van der Waals surface area contributed by atoms with Crippen molar-refractivity contribution in [2.75, 3.05) is 0 Å². The van der Waals surface area contributed by atoms with Crippen LogP contribution in [0.5, 0.6) is 0 Å². The van der Waals surface area contributed by atoms with Crippen molar-refractivity contribution in [1.29, 1.82) is 0 Å². The summed E-state index contributed by atoms with van der Waals surface area (Å²) in [5, 5.41) is 38.1. The van der Waals surface area contributed by atoms with Crippen LogP contribution in [0.25, 0.3) is 0 Å². The molecule has 264 valence electrons. The van der Waals surface area contributed by atoms with E-state index in [-0.39, 0.29) is 23.1 Å². The quantitative estimate of drug-likeness (QED) is 0.0326. The van der Waals surface area contributed by atoms with E-state index in [1.165, 1.54) is 141 Å². The monoisotopic (exact) mass is 654 g/mol. The van der Waals surface area contributed by atoms with Crippen LogP contribution in [0.4, 0.5) is 0 Å². The molecule has 0 radical (unpaired) electrons. The molecule has 0 saturated carbocycles. The zero-order valence-corrected chi connectivity index (χ0v) is 30.8. The van der Waals surface area contributed by atoms with Crippen molar-refractivity contribution in [3.05, 3.63) is 0 Å². The minimum absolute atomic E-state index is 0. The molecule has 0 fully saturated rings. The first-order valence-corrected chi connectivity index (χ1v) is 18.5. The summed E-state index contributed by atoms with van der Waals surface area (Å²) in [6.45, 7) is 4.51. The van der Waals surface area contributed by atoms with Crippen LogP contribution < -0.4 is 10.5 Å². The van der Waals surface area contributed by atoms with Gasteiger partial charge in [0.25, 0.3) is 0 Å². The predicted molar refractivity (Wildman–Crippen MR) is 180 cm³/mol. The van der Waals surface area contributed by atoms with Gasteiger partial charge in [-0.3, -0.25) is 0 Å². The third-order valence-corrected chi connectivity index (χ3v) is 8.37. The topological polar surface area (TPSA) is 139 Å². The number of unbranched alkanes of at least 4 members (excludes halogenated alkanes) is 26. The van der Waals surface area contributed by atoms with Crippen LogP contribution >= 0.6 is 0 Å². The molecule has 0 bridgehead atoms. The van der Waals surface area contributed by atoms with Gasteiger partial charge in [-0.25, -0.2) is 9.59 Å². The molecule has 2 N–H and O–H groups in total. The van der Waals surface area contributed by atoms with E-state index in [0.29, 0.717) is 12.8 Å². The summed E-state index contributed by atoms with van der Waals surface area (Å²) in [6.07, 6.45) is 33.7. The Hall–Kier alpha value is -0.454. The second-order valence-electron chi connectivity index (χ2n) is 12.6. The fourth-order valence-corrected chi connectivity index (χ4v) is 5.41. The average molecular weight is 655 g/mol. The van der Waals surface area contributed by atoms with Crippen molar-refractivity contribution in [2.24, 2.45) is 0 Å². The number of aliphatic hydroxyl groups is 2. The van der Waals surface area contributed by atoms with Crippen LogP contribution in [0.1, 0.15) is 206 Å². The van der Waals surface area contributed by atoms with Crippen molar-refractivity contribution in [3.8, 4) is 0 Å². The first-order valence-electron chi connectivity index (χ1n) is 18.5. The second kappa shape index (κ2) is 41.6. The number of carbonyl (C=O) groups is 2. The maximum Gasteiger partial charge on any atom is 2.00 e. The van der Waals surface area contributed by atoms with E-state index in [4.69, 9.17) is 0 Å². The molecule has 0 aromatic heterocycles. The van der Waals surface area contributed by atoms with Gasteiger partial charge in [-0.1, -0.05) is 194 Å². The molecule has 0 aromatic rings.